The SMILES string of the molecule is CC(C)(C)OC(=O)N1CC(C2CCNCC2)C[C@H]1C(=O)O. The first-order chi connectivity index (χ1) is 9.78. The Labute approximate surface area is 125 Å². The number of rotatable bonds is 2. The summed E-state index contributed by atoms with van der Waals surface area (Å²) in [6.07, 6.45) is 2.14. The Balaban J connectivity index is 2.04. The molecule has 120 valence electrons. The number of aliphatic carboxylic acids is 1. The van der Waals surface area contributed by atoms with Crippen molar-refractivity contribution in [3.8, 4) is 0 Å². The van der Waals surface area contributed by atoms with Crippen LogP contribution in [0.5, 0.6) is 0 Å². The van der Waals surface area contributed by atoms with Gasteiger partial charge >= 0.3 is 12.1 Å². The van der Waals surface area contributed by atoms with Crippen LogP contribution in [0.15, 0.2) is 0 Å². The fraction of sp³-hybridized carbons (Fsp3) is 0.867. The summed E-state index contributed by atoms with van der Waals surface area (Å²) in [5, 5.41) is 12.7. The first-order valence-electron chi connectivity index (χ1n) is 7.71. The van der Waals surface area contributed by atoms with Gasteiger partial charge in [-0.15, -0.1) is 0 Å². The van der Waals surface area contributed by atoms with Gasteiger partial charge in [-0.05, 0) is 65.0 Å². The number of carboxylic acid groups (broad SMARTS) is 1. The van der Waals surface area contributed by atoms with Crippen LogP contribution in [0.1, 0.15) is 40.0 Å². The van der Waals surface area contributed by atoms with Gasteiger partial charge in [0.2, 0.25) is 0 Å². The highest BCUT2D eigenvalue weighted by Gasteiger charge is 2.44. The van der Waals surface area contributed by atoms with Crippen LogP contribution in [0.3, 0.4) is 0 Å². The Bertz CT molecular complexity index is 399. The number of carboxylic acids is 1. The van der Waals surface area contributed by atoms with E-state index in [1.807, 2.05) is 0 Å². The highest BCUT2D eigenvalue weighted by atomic mass is 16.6. The third-order valence-corrected chi connectivity index (χ3v) is 4.30. The molecule has 1 unspecified atom stereocenters. The molecule has 0 aromatic rings. The van der Waals surface area contributed by atoms with Crippen LogP contribution >= 0.6 is 0 Å². The molecule has 0 aromatic heterocycles. The second-order valence-corrected chi connectivity index (χ2v) is 7.07. The van der Waals surface area contributed by atoms with Gasteiger partial charge in [0.1, 0.15) is 11.6 Å². The van der Waals surface area contributed by atoms with Gasteiger partial charge in [-0.25, -0.2) is 9.59 Å². The van der Waals surface area contributed by atoms with E-state index in [2.05, 4.69) is 5.32 Å². The maximum atomic E-state index is 12.2. The van der Waals surface area contributed by atoms with Crippen LogP contribution < -0.4 is 5.32 Å². The lowest BCUT2D eigenvalue weighted by Gasteiger charge is -2.29. The maximum Gasteiger partial charge on any atom is 0.411 e. The zero-order chi connectivity index (χ0) is 15.6. The fourth-order valence-electron chi connectivity index (χ4n) is 3.28. The molecule has 0 radical (unpaired) electrons. The minimum absolute atomic E-state index is 0.265. The minimum atomic E-state index is -0.933. The Hall–Kier alpha value is -1.30. The minimum Gasteiger partial charge on any atom is -0.480 e. The van der Waals surface area contributed by atoms with E-state index in [1.165, 1.54) is 4.90 Å². The van der Waals surface area contributed by atoms with E-state index in [1.54, 1.807) is 20.8 Å². The van der Waals surface area contributed by atoms with Crippen LogP contribution in [-0.4, -0.2) is 53.3 Å². The summed E-state index contributed by atoms with van der Waals surface area (Å²) in [6.45, 7) is 7.83. The van der Waals surface area contributed by atoms with E-state index in [4.69, 9.17) is 4.74 Å². The third kappa shape index (κ3) is 4.09. The van der Waals surface area contributed by atoms with Crippen LogP contribution in [0.2, 0.25) is 0 Å². The quantitative estimate of drug-likeness (QED) is 0.811. The van der Waals surface area contributed by atoms with Crippen molar-refractivity contribution in [2.45, 2.75) is 51.7 Å². The molecule has 0 aromatic carbocycles. The summed E-state index contributed by atoms with van der Waals surface area (Å²) in [5.41, 5.74) is -0.604. The second kappa shape index (κ2) is 6.22. The summed E-state index contributed by atoms with van der Waals surface area (Å²) < 4.78 is 5.35. The standard InChI is InChI=1S/C15H26N2O4/c1-15(2,3)21-14(20)17-9-11(8-12(17)13(18)19)10-4-6-16-7-5-10/h10-12,16H,4-9H2,1-3H3,(H,18,19)/t11?,12-/m0/s1. The molecule has 2 fully saturated rings. The summed E-state index contributed by atoms with van der Waals surface area (Å²) in [6, 6.07) is -0.750. The van der Waals surface area contributed by atoms with Crippen molar-refractivity contribution in [1.29, 1.82) is 0 Å². The molecule has 6 nitrogen and oxygen atoms in total. The maximum absolute atomic E-state index is 12.2. The van der Waals surface area contributed by atoms with E-state index in [0.717, 1.165) is 25.9 Å². The van der Waals surface area contributed by atoms with Gasteiger partial charge in [-0.2, -0.15) is 0 Å². The van der Waals surface area contributed by atoms with Gasteiger partial charge < -0.3 is 15.2 Å². The number of carbonyl (C=O) groups excluding carboxylic acids is 1. The van der Waals surface area contributed by atoms with Crippen molar-refractivity contribution in [3.63, 3.8) is 0 Å². The van der Waals surface area contributed by atoms with Crippen LogP contribution in [-0.2, 0) is 9.53 Å². The van der Waals surface area contributed by atoms with Crippen LogP contribution in [0.25, 0.3) is 0 Å². The van der Waals surface area contributed by atoms with Crippen molar-refractivity contribution in [1.82, 2.24) is 10.2 Å². The molecule has 2 aliphatic rings. The van der Waals surface area contributed by atoms with Gasteiger partial charge in [0.05, 0.1) is 0 Å². The number of amides is 1. The number of nitrogens with zero attached hydrogens (tertiary/aromatic N) is 1. The highest BCUT2D eigenvalue weighted by Crippen LogP contribution is 2.34. The van der Waals surface area contributed by atoms with E-state index in [-0.39, 0.29) is 5.92 Å². The molecule has 2 heterocycles. The molecule has 0 aliphatic carbocycles. The molecular weight excluding hydrogens is 272 g/mol. The van der Waals surface area contributed by atoms with Crippen molar-refractivity contribution in [3.05, 3.63) is 0 Å². The molecule has 0 spiro atoms. The molecule has 0 bridgehead atoms. The number of hydrogen-bond acceptors (Lipinski definition) is 4. The fourth-order valence-corrected chi connectivity index (χ4v) is 3.28. The largest absolute Gasteiger partial charge is 0.480 e. The lowest BCUT2D eigenvalue weighted by Crippen LogP contribution is -2.43. The smallest absolute Gasteiger partial charge is 0.411 e. The van der Waals surface area contributed by atoms with Crippen molar-refractivity contribution in [2.75, 3.05) is 19.6 Å². The molecule has 1 amide bonds. The number of likely N-dealkylation sites (tertiary alicyclic amines) is 1. The molecule has 2 atom stereocenters. The summed E-state index contributed by atoms with van der Waals surface area (Å²) in [4.78, 5) is 25.1. The number of ether oxygens (including phenoxy) is 1. The molecule has 2 rings (SSSR count). The van der Waals surface area contributed by atoms with Gasteiger partial charge in [-0.1, -0.05) is 0 Å². The van der Waals surface area contributed by atoms with Gasteiger partial charge in [0.25, 0.3) is 0 Å². The highest BCUT2D eigenvalue weighted by molar-refractivity contribution is 5.81. The number of hydrogen-bond donors (Lipinski definition) is 2. The molecule has 2 N–H and O–H groups in total. The van der Waals surface area contributed by atoms with Crippen LogP contribution in [0.4, 0.5) is 4.79 Å². The lowest BCUT2D eigenvalue weighted by atomic mass is 9.83. The zero-order valence-electron chi connectivity index (χ0n) is 13.1. The van der Waals surface area contributed by atoms with Gasteiger partial charge in [0, 0.05) is 6.54 Å². The predicted molar refractivity (Wildman–Crippen MR) is 78.1 cm³/mol. The first kappa shape index (κ1) is 16.1. The molecule has 0 saturated carbocycles. The average molecular weight is 298 g/mol. The molecule has 2 saturated heterocycles. The van der Waals surface area contributed by atoms with Crippen molar-refractivity contribution >= 4 is 12.1 Å². The van der Waals surface area contributed by atoms with E-state index in [9.17, 15) is 14.7 Å². The van der Waals surface area contributed by atoms with Crippen molar-refractivity contribution < 1.29 is 19.4 Å². The normalized spacial score (nSPS) is 27.7. The Morgan fingerprint density at radius 1 is 1.19 bits per heavy atom. The third-order valence-electron chi connectivity index (χ3n) is 4.30. The Morgan fingerprint density at radius 2 is 1.81 bits per heavy atom. The number of nitrogens with one attached hydrogen (secondary N) is 1. The van der Waals surface area contributed by atoms with E-state index in [0.29, 0.717) is 18.9 Å². The van der Waals surface area contributed by atoms with Gasteiger partial charge in [0.15, 0.2) is 0 Å². The number of piperidine rings is 1. The molecule has 6 heteroatoms. The number of carbonyl (C=O) groups is 2. The van der Waals surface area contributed by atoms with E-state index >= 15 is 0 Å². The zero-order valence-corrected chi connectivity index (χ0v) is 13.1. The molecule has 2 aliphatic heterocycles. The predicted octanol–water partition coefficient (Wildman–Crippen LogP) is 1.70. The van der Waals surface area contributed by atoms with E-state index < -0.39 is 23.7 Å². The lowest BCUT2D eigenvalue weighted by molar-refractivity contribution is -0.142. The molecule has 21 heavy (non-hydrogen) atoms. The first-order valence-corrected chi connectivity index (χ1v) is 7.71. The summed E-state index contributed by atoms with van der Waals surface area (Å²) in [7, 11) is 0. The monoisotopic (exact) mass is 298 g/mol. The Kier molecular flexibility index (Phi) is 4.76. The molecular formula is C15H26N2O4. The van der Waals surface area contributed by atoms with Gasteiger partial charge in [-0.3, -0.25) is 4.90 Å². The van der Waals surface area contributed by atoms with Crippen molar-refractivity contribution in [2.24, 2.45) is 11.8 Å². The summed E-state index contributed by atoms with van der Waals surface area (Å²) >= 11 is 0. The van der Waals surface area contributed by atoms with Crippen LogP contribution in [0, 0.1) is 11.8 Å². The topological polar surface area (TPSA) is 78.9 Å². The second-order valence-electron chi connectivity index (χ2n) is 7.07. The Morgan fingerprint density at radius 3 is 2.33 bits per heavy atom. The summed E-state index contributed by atoms with van der Waals surface area (Å²) in [5.74, 6) is -0.168. The average Bonchev–Trinajstić information content (AvgIpc) is 2.83.